The van der Waals surface area contributed by atoms with E-state index in [1.165, 1.54) is 5.57 Å². The lowest BCUT2D eigenvalue weighted by atomic mass is 10.2. The van der Waals surface area contributed by atoms with Gasteiger partial charge in [0.15, 0.2) is 0 Å². The lowest BCUT2D eigenvalue weighted by Crippen LogP contribution is -2.17. The van der Waals surface area contributed by atoms with Crippen LogP contribution in [0.3, 0.4) is 0 Å². The zero-order chi connectivity index (χ0) is 20.1. The molecule has 5 nitrogen and oxygen atoms in total. The minimum atomic E-state index is 0.262. The molecule has 0 fully saturated rings. The van der Waals surface area contributed by atoms with Crippen LogP contribution in [0.2, 0.25) is 5.28 Å². The smallest absolute Gasteiger partial charge is 0.224 e. The van der Waals surface area contributed by atoms with Crippen molar-refractivity contribution in [3.8, 4) is 6.07 Å². The van der Waals surface area contributed by atoms with Gasteiger partial charge in [-0.2, -0.15) is 5.26 Å². The number of allylic oxidation sites excluding steroid dienone is 4. The number of rotatable bonds is 7. The number of hydrogen-bond acceptors (Lipinski definition) is 5. The van der Waals surface area contributed by atoms with Gasteiger partial charge in [0.25, 0.3) is 0 Å². The first-order valence-corrected chi connectivity index (χ1v) is 9.16. The van der Waals surface area contributed by atoms with E-state index in [9.17, 15) is 0 Å². The number of anilines is 1. The van der Waals surface area contributed by atoms with Gasteiger partial charge < -0.3 is 10.6 Å². The highest BCUT2D eigenvalue weighted by Crippen LogP contribution is 2.21. The van der Waals surface area contributed by atoms with Crippen LogP contribution in [0.15, 0.2) is 60.3 Å². The predicted octanol–water partition coefficient (Wildman–Crippen LogP) is 5.24. The van der Waals surface area contributed by atoms with Gasteiger partial charge in [0.1, 0.15) is 5.82 Å². The molecule has 2 aromatic rings. The van der Waals surface area contributed by atoms with Gasteiger partial charge in [-0.25, -0.2) is 9.97 Å². The number of nitriles is 1. The average Bonchev–Trinajstić information content (AvgIpc) is 2.67. The third-order valence-corrected chi connectivity index (χ3v) is 3.71. The van der Waals surface area contributed by atoms with Crippen molar-refractivity contribution < 1.29 is 0 Å². The summed E-state index contributed by atoms with van der Waals surface area (Å²) in [5.74, 6) is 0.771. The lowest BCUT2D eigenvalue weighted by Gasteiger charge is -2.08. The topological polar surface area (TPSA) is 73.6 Å². The fourth-order valence-corrected chi connectivity index (χ4v) is 2.24. The molecule has 0 radical (unpaired) electrons. The van der Waals surface area contributed by atoms with Crippen LogP contribution in [0, 0.1) is 11.3 Å². The van der Waals surface area contributed by atoms with Crippen LogP contribution in [0.25, 0.3) is 10.9 Å². The van der Waals surface area contributed by atoms with Gasteiger partial charge in [-0.3, -0.25) is 0 Å². The van der Waals surface area contributed by atoms with E-state index in [1.54, 1.807) is 6.08 Å². The Kier molecular flexibility index (Phi) is 10.3. The fraction of sp³-hybridized carbons (Fsp3) is 0.286. The summed E-state index contributed by atoms with van der Waals surface area (Å²) < 4.78 is 0. The first-order chi connectivity index (χ1) is 13.0. The molecule has 1 aromatic heterocycles. The highest BCUT2D eigenvalue weighted by atomic mass is 35.5. The minimum Gasteiger partial charge on any atom is -0.389 e. The number of benzene rings is 1. The summed E-state index contributed by atoms with van der Waals surface area (Å²) in [6, 6.07) is 9.76. The summed E-state index contributed by atoms with van der Waals surface area (Å²) in [5.41, 5.74) is 2.58. The standard InChI is InChI=1S/C13H15ClN4.C8H11N/c1-2-7-15-8-9-16-12-10-5-3-4-6-11(10)17-13(14)18-12;1-4-7(2)5-8(3)6-9/h2-7,15H,8-9H2,1H3,(H,16,17,18);5H,3-4H2,1-2H3/b7-2+;7-5+. The summed E-state index contributed by atoms with van der Waals surface area (Å²) in [7, 11) is 0. The second kappa shape index (κ2) is 12.5. The molecule has 0 aliphatic rings. The summed E-state index contributed by atoms with van der Waals surface area (Å²) in [4.78, 5) is 8.40. The van der Waals surface area contributed by atoms with Crippen LogP contribution < -0.4 is 10.6 Å². The van der Waals surface area contributed by atoms with Crippen LogP contribution in [0.4, 0.5) is 5.82 Å². The summed E-state index contributed by atoms with van der Waals surface area (Å²) in [6.07, 6.45) is 6.66. The number of nitrogens with zero attached hydrogens (tertiary/aromatic N) is 3. The van der Waals surface area contributed by atoms with E-state index in [1.807, 2.05) is 56.5 Å². The van der Waals surface area contributed by atoms with Crippen molar-refractivity contribution in [3.05, 3.63) is 65.6 Å². The molecule has 0 saturated carbocycles. The lowest BCUT2D eigenvalue weighted by molar-refractivity contribution is 0.865. The Morgan fingerprint density at radius 3 is 2.70 bits per heavy atom. The minimum absolute atomic E-state index is 0.262. The van der Waals surface area contributed by atoms with Crippen molar-refractivity contribution in [2.24, 2.45) is 0 Å². The largest absolute Gasteiger partial charge is 0.389 e. The van der Waals surface area contributed by atoms with Gasteiger partial charge in [0.2, 0.25) is 5.28 Å². The number of aromatic nitrogens is 2. The van der Waals surface area contributed by atoms with Crippen LogP contribution in [-0.2, 0) is 0 Å². The first kappa shape index (κ1) is 22.2. The van der Waals surface area contributed by atoms with Crippen molar-refractivity contribution in [1.29, 1.82) is 5.26 Å². The summed E-state index contributed by atoms with van der Waals surface area (Å²) >= 11 is 5.90. The van der Waals surface area contributed by atoms with E-state index in [0.29, 0.717) is 5.57 Å². The molecule has 0 saturated heterocycles. The zero-order valence-electron chi connectivity index (χ0n) is 16.1. The quantitative estimate of drug-likeness (QED) is 0.296. The van der Waals surface area contributed by atoms with Crippen LogP contribution in [0.5, 0.6) is 0 Å². The Morgan fingerprint density at radius 2 is 2.04 bits per heavy atom. The van der Waals surface area contributed by atoms with E-state index >= 15 is 0 Å². The molecular formula is C21H26ClN5. The average molecular weight is 384 g/mol. The van der Waals surface area contributed by atoms with Crippen molar-refractivity contribution >= 4 is 28.3 Å². The van der Waals surface area contributed by atoms with E-state index in [0.717, 1.165) is 36.2 Å². The Hall–Kier alpha value is -2.84. The predicted molar refractivity (Wildman–Crippen MR) is 115 cm³/mol. The Morgan fingerprint density at radius 1 is 1.30 bits per heavy atom. The Labute approximate surface area is 166 Å². The second-order valence-electron chi connectivity index (χ2n) is 5.72. The molecule has 0 aliphatic carbocycles. The molecule has 0 bridgehead atoms. The molecule has 0 spiro atoms. The normalized spacial score (nSPS) is 10.9. The van der Waals surface area contributed by atoms with Gasteiger partial charge in [-0.15, -0.1) is 0 Å². The number of halogens is 1. The monoisotopic (exact) mass is 383 g/mol. The van der Waals surface area contributed by atoms with Gasteiger partial charge in [-0.05, 0) is 56.3 Å². The van der Waals surface area contributed by atoms with Crippen LogP contribution in [-0.4, -0.2) is 23.1 Å². The molecule has 2 rings (SSSR count). The molecule has 6 heteroatoms. The molecule has 2 N–H and O–H groups in total. The van der Waals surface area contributed by atoms with Crippen molar-refractivity contribution in [1.82, 2.24) is 15.3 Å². The second-order valence-corrected chi connectivity index (χ2v) is 6.06. The molecule has 0 amide bonds. The number of para-hydroxylation sites is 1. The summed E-state index contributed by atoms with van der Waals surface area (Å²) in [5, 5.41) is 15.9. The number of nitrogens with one attached hydrogen (secondary N) is 2. The molecule has 0 unspecified atom stereocenters. The Balaban J connectivity index is 0.000000345. The van der Waals surface area contributed by atoms with E-state index < -0.39 is 0 Å². The zero-order valence-corrected chi connectivity index (χ0v) is 16.8. The molecule has 1 aromatic carbocycles. The van der Waals surface area contributed by atoms with Crippen molar-refractivity contribution in [2.75, 3.05) is 18.4 Å². The number of hydrogen-bond donors (Lipinski definition) is 2. The maximum atomic E-state index is 8.29. The third-order valence-electron chi connectivity index (χ3n) is 3.54. The molecule has 27 heavy (non-hydrogen) atoms. The molecule has 0 aliphatic heterocycles. The maximum absolute atomic E-state index is 8.29. The van der Waals surface area contributed by atoms with Crippen molar-refractivity contribution in [3.63, 3.8) is 0 Å². The van der Waals surface area contributed by atoms with Gasteiger partial charge in [0.05, 0.1) is 11.6 Å². The Bertz CT molecular complexity index is 849. The molecule has 142 valence electrons. The highest BCUT2D eigenvalue weighted by molar-refractivity contribution is 6.28. The highest BCUT2D eigenvalue weighted by Gasteiger charge is 2.04. The van der Waals surface area contributed by atoms with Gasteiger partial charge in [-0.1, -0.05) is 37.3 Å². The molecular weight excluding hydrogens is 358 g/mol. The van der Waals surface area contributed by atoms with Gasteiger partial charge >= 0.3 is 0 Å². The first-order valence-electron chi connectivity index (χ1n) is 8.78. The fourth-order valence-electron chi connectivity index (χ4n) is 2.07. The van der Waals surface area contributed by atoms with E-state index in [-0.39, 0.29) is 5.28 Å². The van der Waals surface area contributed by atoms with Crippen LogP contribution >= 0.6 is 11.6 Å². The van der Waals surface area contributed by atoms with Gasteiger partial charge in [0, 0.05) is 24.0 Å². The van der Waals surface area contributed by atoms with Crippen molar-refractivity contribution in [2.45, 2.75) is 27.2 Å². The van der Waals surface area contributed by atoms with E-state index in [2.05, 4.69) is 34.1 Å². The maximum Gasteiger partial charge on any atom is 0.224 e. The summed E-state index contributed by atoms with van der Waals surface area (Å²) in [6.45, 7) is 11.1. The van der Waals surface area contributed by atoms with E-state index in [4.69, 9.17) is 16.9 Å². The van der Waals surface area contributed by atoms with Crippen LogP contribution in [0.1, 0.15) is 27.2 Å². The third kappa shape index (κ3) is 8.39. The SMILES string of the molecule is C/C=C/NCCNc1nc(Cl)nc2ccccc12.C=C(C#N)/C=C(\C)CC. The molecule has 1 heterocycles. The number of fused-ring (bicyclic) bond motifs is 1. The molecule has 0 atom stereocenters.